The fourth-order valence-corrected chi connectivity index (χ4v) is 2.66. The van der Waals surface area contributed by atoms with Crippen molar-refractivity contribution in [2.24, 2.45) is 0 Å². The van der Waals surface area contributed by atoms with Crippen molar-refractivity contribution in [3.63, 3.8) is 0 Å². The molecule has 98 valence electrons. The molecule has 1 aromatic rings. The van der Waals surface area contributed by atoms with Crippen molar-refractivity contribution < 1.29 is 13.9 Å². The van der Waals surface area contributed by atoms with Gasteiger partial charge in [-0.05, 0) is 12.1 Å². The highest BCUT2D eigenvalue weighted by Crippen LogP contribution is 2.22. The van der Waals surface area contributed by atoms with Crippen molar-refractivity contribution in [3.8, 4) is 0 Å². The minimum Gasteiger partial charge on any atom is -0.378 e. The van der Waals surface area contributed by atoms with E-state index in [2.05, 4.69) is 0 Å². The van der Waals surface area contributed by atoms with Gasteiger partial charge in [-0.3, -0.25) is 4.79 Å². The van der Waals surface area contributed by atoms with Crippen molar-refractivity contribution in [2.45, 2.75) is 11.3 Å². The van der Waals surface area contributed by atoms with Gasteiger partial charge in [0.25, 0.3) is 0 Å². The molecule has 1 heterocycles. The van der Waals surface area contributed by atoms with E-state index < -0.39 is 0 Å². The van der Waals surface area contributed by atoms with E-state index in [0.717, 1.165) is 0 Å². The van der Waals surface area contributed by atoms with Crippen LogP contribution in [0.15, 0.2) is 29.2 Å². The number of nitrogens with zero attached hydrogens (tertiary/aromatic N) is 1. The molecule has 1 fully saturated rings. The van der Waals surface area contributed by atoms with Crippen LogP contribution in [0.4, 0.5) is 4.39 Å². The molecule has 0 N–H and O–H groups in total. The van der Waals surface area contributed by atoms with Gasteiger partial charge >= 0.3 is 0 Å². The van der Waals surface area contributed by atoms with Crippen molar-refractivity contribution in [1.29, 1.82) is 0 Å². The first-order valence-corrected chi connectivity index (χ1v) is 6.99. The summed E-state index contributed by atoms with van der Waals surface area (Å²) in [4.78, 5) is 14.3. The SMILES string of the molecule is O=C(CCSc1ccccc1F)N1CCOCC1. The second-order valence-corrected chi connectivity index (χ2v) is 5.16. The molecule has 3 nitrogen and oxygen atoms in total. The number of carbonyl (C=O) groups excluding carboxylic acids is 1. The van der Waals surface area contributed by atoms with Crippen LogP contribution < -0.4 is 0 Å². The third-order valence-electron chi connectivity index (χ3n) is 2.77. The molecule has 1 aromatic carbocycles. The van der Waals surface area contributed by atoms with Gasteiger partial charge in [-0.2, -0.15) is 0 Å². The number of carbonyl (C=O) groups is 1. The van der Waals surface area contributed by atoms with Crippen LogP contribution in [0.3, 0.4) is 0 Å². The van der Waals surface area contributed by atoms with Crippen LogP contribution in [0, 0.1) is 5.82 Å². The normalized spacial score (nSPS) is 15.7. The summed E-state index contributed by atoms with van der Waals surface area (Å²) in [6, 6.07) is 6.64. The third kappa shape index (κ3) is 3.71. The molecular formula is C13H16FNO2S. The number of hydrogen-bond donors (Lipinski definition) is 0. The van der Waals surface area contributed by atoms with E-state index in [0.29, 0.717) is 43.4 Å². The molecule has 0 unspecified atom stereocenters. The topological polar surface area (TPSA) is 29.5 Å². The molecule has 0 aromatic heterocycles. The molecular weight excluding hydrogens is 253 g/mol. The highest BCUT2D eigenvalue weighted by atomic mass is 32.2. The van der Waals surface area contributed by atoms with Gasteiger partial charge in [0.2, 0.25) is 5.91 Å². The van der Waals surface area contributed by atoms with Gasteiger partial charge in [0.15, 0.2) is 0 Å². The highest BCUT2D eigenvalue weighted by Gasteiger charge is 2.16. The van der Waals surface area contributed by atoms with E-state index in [1.807, 2.05) is 4.90 Å². The van der Waals surface area contributed by atoms with Gasteiger partial charge in [-0.25, -0.2) is 4.39 Å². The summed E-state index contributed by atoms with van der Waals surface area (Å²) >= 11 is 1.39. The predicted octanol–water partition coefficient (Wildman–Crippen LogP) is 2.17. The second-order valence-electron chi connectivity index (χ2n) is 4.02. The van der Waals surface area contributed by atoms with Crippen molar-refractivity contribution in [2.75, 3.05) is 32.1 Å². The Hall–Kier alpha value is -1.07. The molecule has 1 amide bonds. The van der Waals surface area contributed by atoms with Crippen LogP contribution in [0.25, 0.3) is 0 Å². The van der Waals surface area contributed by atoms with E-state index in [-0.39, 0.29) is 11.7 Å². The molecule has 0 saturated carbocycles. The van der Waals surface area contributed by atoms with Crippen LogP contribution in [-0.4, -0.2) is 42.9 Å². The van der Waals surface area contributed by atoms with Crippen LogP contribution in [-0.2, 0) is 9.53 Å². The molecule has 5 heteroatoms. The molecule has 0 spiro atoms. The van der Waals surface area contributed by atoms with Gasteiger partial charge in [0.1, 0.15) is 5.82 Å². The van der Waals surface area contributed by atoms with E-state index in [4.69, 9.17) is 4.74 Å². The maximum Gasteiger partial charge on any atom is 0.223 e. The number of ether oxygens (including phenoxy) is 1. The molecule has 2 rings (SSSR count). The lowest BCUT2D eigenvalue weighted by molar-refractivity contribution is -0.134. The molecule has 1 aliphatic heterocycles. The molecule has 1 aliphatic rings. The fraction of sp³-hybridized carbons (Fsp3) is 0.462. The van der Waals surface area contributed by atoms with E-state index in [1.165, 1.54) is 17.8 Å². The summed E-state index contributed by atoms with van der Waals surface area (Å²) in [5.41, 5.74) is 0. The summed E-state index contributed by atoms with van der Waals surface area (Å²) in [5, 5.41) is 0. The first-order valence-electron chi connectivity index (χ1n) is 6.00. The van der Waals surface area contributed by atoms with Gasteiger partial charge in [0, 0.05) is 30.2 Å². The van der Waals surface area contributed by atoms with Crippen molar-refractivity contribution >= 4 is 17.7 Å². The van der Waals surface area contributed by atoms with E-state index in [1.54, 1.807) is 18.2 Å². The predicted molar refractivity (Wildman–Crippen MR) is 69.1 cm³/mol. The zero-order valence-electron chi connectivity index (χ0n) is 10.1. The van der Waals surface area contributed by atoms with Crippen LogP contribution in [0.1, 0.15) is 6.42 Å². The summed E-state index contributed by atoms with van der Waals surface area (Å²) in [6.45, 7) is 2.57. The average Bonchev–Trinajstić information content (AvgIpc) is 2.42. The van der Waals surface area contributed by atoms with Gasteiger partial charge in [-0.1, -0.05) is 12.1 Å². The van der Waals surface area contributed by atoms with Crippen LogP contribution in [0.5, 0.6) is 0 Å². The average molecular weight is 269 g/mol. The highest BCUT2D eigenvalue weighted by molar-refractivity contribution is 7.99. The molecule has 0 aliphatic carbocycles. The molecule has 1 saturated heterocycles. The lowest BCUT2D eigenvalue weighted by Crippen LogP contribution is -2.40. The molecule has 18 heavy (non-hydrogen) atoms. The number of amides is 1. The largest absolute Gasteiger partial charge is 0.378 e. The van der Waals surface area contributed by atoms with E-state index >= 15 is 0 Å². The number of thioether (sulfide) groups is 1. The lowest BCUT2D eigenvalue weighted by atomic mass is 10.3. The smallest absolute Gasteiger partial charge is 0.223 e. The third-order valence-corrected chi connectivity index (χ3v) is 3.82. The van der Waals surface area contributed by atoms with Crippen molar-refractivity contribution in [1.82, 2.24) is 4.90 Å². The van der Waals surface area contributed by atoms with Gasteiger partial charge in [-0.15, -0.1) is 11.8 Å². The zero-order valence-corrected chi connectivity index (χ0v) is 10.9. The quantitative estimate of drug-likeness (QED) is 0.785. The number of hydrogen-bond acceptors (Lipinski definition) is 3. The van der Waals surface area contributed by atoms with Crippen LogP contribution >= 0.6 is 11.8 Å². The minimum atomic E-state index is -0.221. The maximum atomic E-state index is 13.3. The Kier molecular flexibility index (Phi) is 5.01. The van der Waals surface area contributed by atoms with Gasteiger partial charge < -0.3 is 9.64 Å². The Labute approximate surface area is 110 Å². The second kappa shape index (κ2) is 6.75. The first kappa shape index (κ1) is 13.4. The Balaban J connectivity index is 1.75. The van der Waals surface area contributed by atoms with Crippen LogP contribution in [0.2, 0.25) is 0 Å². The molecule has 0 atom stereocenters. The summed E-state index contributed by atoms with van der Waals surface area (Å²) in [6.07, 6.45) is 0.443. The maximum absolute atomic E-state index is 13.3. The summed E-state index contributed by atoms with van der Waals surface area (Å²) < 4.78 is 18.5. The summed E-state index contributed by atoms with van der Waals surface area (Å²) in [5.74, 6) is 0.514. The summed E-state index contributed by atoms with van der Waals surface area (Å²) in [7, 11) is 0. The Morgan fingerprint density at radius 3 is 2.78 bits per heavy atom. The Morgan fingerprint density at radius 2 is 2.06 bits per heavy atom. The Morgan fingerprint density at radius 1 is 1.33 bits per heavy atom. The van der Waals surface area contributed by atoms with E-state index in [9.17, 15) is 9.18 Å². The standard InChI is InChI=1S/C13H16FNO2S/c14-11-3-1-2-4-12(11)18-10-5-13(16)15-6-8-17-9-7-15/h1-4H,5-10H2. The number of rotatable bonds is 4. The minimum absolute atomic E-state index is 0.127. The monoisotopic (exact) mass is 269 g/mol. The first-order chi connectivity index (χ1) is 8.77. The number of benzene rings is 1. The fourth-order valence-electron chi connectivity index (χ4n) is 1.78. The Bertz CT molecular complexity index is 408. The zero-order chi connectivity index (χ0) is 12.8. The number of morpholine rings is 1. The lowest BCUT2D eigenvalue weighted by Gasteiger charge is -2.26. The van der Waals surface area contributed by atoms with Crippen molar-refractivity contribution in [3.05, 3.63) is 30.1 Å². The van der Waals surface area contributed by atoms with Gasteiger partial charge in [0.05, 0.1) is 13.2 Å². The number of halogens is 1. The molecule has 0 bridgehead atoms. The molecule has 0 radical (unpaired) electrons.